The number of rotatable bonds is 3. The Kier molecular flexibility index (Phi) is 4.43. The van der Waals surface area contributed by atoms with Crippen LogP contribution in [0.5, 0.6) is 0 Å². The fourth-order valence-corrected chi connectivity index (χ4v) is 4.41. The molecule has 0 aromatic rings. The van der Waals surface area contributed by atoms with E-state index in [2.05, 4.69) is 16.8 Å². The maximum absolute atomic E-state index is 11.6. The van der Waals surface area contributed by atoms with Crippen LogP contribution in [0.4, 0.5) is 0 Å². The van der Waals surface area contributed by atoms with E-state index in [1.807, 2.05) is 0 Å². The number of carbonyl (C=O) groups is 1. The molecule has 0 aromatic carbocycles. The van der Waals surface area contributed by atoms with E-state index < -0.39 is 0 Å². The molecule has 0 aromatic heterocycles. The molecule has 4 nitrogen and oxygen atoms in total. The van der Waals surface area contributed by atoms with Crippen molar-refractivity contribution < 1.29 is 9.53 Å². The quantitative estimate of drug-likeness (QED) is 0.732. The van der Waals surface area contributed by atoms with E-state index >= 15 is 0 Å². The largest absolute Gasteiger partial charge is 0.381 e. The smallest absolute Gasteiger partial charge is 0.127 e. The van der Waals surface area contributed by atoms with Gasteiger partial charge in [-0.15, -0.1) is 0 Å². The second-order valence-electron chi connectivity index (χ2n) is 7.07. The van der Waals surface area contributed by atoms with Crippen molar-refractivity contribution in [3.63, 3.8) is 0 Å². The zero-order chi connectivity index (χ0) is 14.0. The van der Waals surface area contributed by atoms with Crippen LogP contribution in [0.2, 0.25) is 0 Å². The van der Waals surface area contributed by atoms with Crippen molar-refractivity contribution in [2.75, 3.05) is 46.4 Å². The van der Waals surface area contributed by atoms with E-state index in [4.69, 9.17) is 4.74 Å². The van der Waals surface area contributed by atoms with Crippen molar-refractivity contribution in [3.8, 4) is 0 Å². The van der Waals surface area contributed by atoms with Crippen LogP contribution in [-0.2, 0) is 9.53 Å². The molecule has 0 amide bonds. The molecule has 0 radical (unpaired) electrons. The minimum atomic E-state index is -0.133. The van der Waals surface area contributed by atoms with Crippen LogP contribution >= 0.6 is 0 Å². The average Bonchev–Trinajstić information content (AvgIpc) is 2.48. The monoisotopic (exact) mass is 280 g/mol. The molecule has 2 unspecified atom stereocenters. The fraction of sp³-hybridized carbons (Fsp3) is 0.938. The normalized spacial score (nSPS) is 35.5. The summed E-state index contributed by atoms with van der Waals surface area (Å²) in [5, 5.41) is 0. The Labute approximate surface area is 122 Å². The van der Waals surface area contributed by atoms with Crippen molar-refractivity contribution in [1.82, 2.24) is 9.80 Å². The predicted molar refractivity (Wildman–Crippen MR) is 78.7 cm³/mol. The first-order chi connectivity index (χ1) is 9.72. The molecule has 3 fully saturated rings. The first kappa shape index (κ1) is 14.5. The summed E-state index contributed by atoms with van der Waals surface area (Å²) in [4.78, 5) is 16.7. The molecule has 3 heterocycles. The highest BCUT2D eigenvalue weighted by Gasteiger charge is 2.39. The molecule has 3 saturated heterocycles. The van der Waals surface area contributed by atoms with Gasteiger partial charge in [0.15, 0.2) is 0 Å². The summed E-state index contributed by atoms with van der Waals surface area (Å²) in [5.74, 6) is 0.811. The van der Waals surface area contributed by atoms with Gasteiger partial charge in [-0.3, -0.25) is 0 Å². The van der Waals surface area contributed by atoms with E-state index in [1.165, 1.54) is 38.6 Å². The number of likely N-dealkylation sites (tertiary alicyclic amines) is 2. The van der Waals surface area contributed by atoms with Gasteiger partial charge < -0.3 is 19.3 Å². The predicted octanol–water partition coefficient (Wildman–Crippen LogP) is 1.40. The molecule has 0 aliphatic carbocycles. The van der Waals surface area contributed by atoms with Crippen molar-refractivity contribution in [2.45, 2.75) is 38.1 Å². The van der Waals surface area contributed by atoms with Crippen LogP contribution in [0.1, 0.15) is 32.1 Å². The van der Waals surface area contributed by atoms with E-state index in [-0.39, 0.29) is 5.41 Å². The number of nitrogens with zero attached hydrogens (tertiary/aromatic N) is 2. The zero-order valence-electron chi connectivity index (χ0n) is 12.7. The van der Waals surface area contributed by atoms with E-state index in [0.717, 1.165) is 51.1 Å². The molecule has 3 aliphatic rings. The third-order valence-corrected chi connectivity index (χ3v) is 5.71. The third kappa shape index (κ3) is 2.92. The van der Waals surface area contributed by atoms with E-state index in [1.54, 1.807) is 0 Å². The van der Waals surface area contributed by atoms with Crippen LogP contribution in [0.3, 0.4) is 0 Å². The summed E-state index contributed by atoms with van der Waals surface area (Å²) >= 11 is 0. The Morgan fingerprint density at radius 2 is 2.05 bits per heavy atom. The fourth-order valence-electron chi connectivity index (χ4n) is 4.41. The van der Waals surface area contributed by atoms with Crippen LogP contribution in [-0.4, -0.2) is 68.6 Å². The maximum atomic E-state index is 11.6. The zero-order valence-corrected chi connectivity index (χ0v) is 12.7. The van der Waals surface area contributed by atoms with Crippen LogP contribution in [0.15, 0.2) is 0 Å². The Morgan fingerprint density at radius 3 is 2.80 bits per heavy atom. The molecular weight excluding hydrogens is 252 g/mol. The molecule has 3 rings (SSSR count). The molecule has 0 saturated carbocycles. The molecule has 114 valence electrons. The standard InChI is InChI=1S/C16H28N2O2/c1-17-7-2-3-14-11-18(8-4-15(14)17)12-16(13-19)5-9-20-10-6-16/h13-15H,2-12H2,1H3. The molecule has 0 N–H and O–H groups in total. The number of carbonyl (C=O) groups excluding carboxylic acids is 1. The van der Waals surface area contributed by atoms with Crippen molar-refractivity contribution >= 4 is 6.29 Å². The van der Waals surface area contributed by atoms with Gasteiger partial charge in [0.1, 0.15) is 6.29 Å². The second-order valence-corrected chi connectivity index (χ2v) is 7.07. The van der Waals surface area contributed by atoms with Gasteiger partial charge in [-0.25, -0.2) is 0 Å². The van der Waals surface area contributed by atoms with Crippen molar-refractivity contribution in [1.29, 1.82) is 0 Å². The first-order valence-corrected chi connectivity index (χ1v) is 8.19. The number of hydrogen-bond donors (Lipinski definition) is 0. The van der Waals surface area contributed by atoms with Crippen LogP contribution < -0.4 is 0 Å². The van der Waals surface area contributed by atoms with E-state index in [0.29, 0.717) is 0 Å². The molecule has 0 spiro atoms. The maximum Gasteiger partial charge on any atom is 0.127 e. The topological polar surface area (TPSA) is 32.8 Å². The minimum Gasteiger partial charge on any atom is -0.381 e. The van der Waals surface area contributed by atoms with Gasteiger partial charge in [-0.1, -0.05) is 0 Å². The molecule has 20 heavy (non-hydrogen) atoms. The second kappa shape index (κ2) is 6.12. The number of piperidine rings is 2. The lowest BCUT2D eigenvalue weighted by Crippen LogP contribution is -2.55. The number of ether oxygens (including phenoxy) is 1. The summed E-state index contributed by atoms with van der Waals surface area (Å²) in [6.45, 7) is 6.06. The number of hydrogen-bond acceptors (Lipinski definition) is 4. The Hall–Kier alpha value is -0.450. The first-order valence-electron chi connectivity index (χ1n) is 8.19. The molecule has 4 heteroatoms. The van der Waals surface area contributed by atoms with Gasteiger partial charge in [0.25, 0.3) is 0 Å². The van der Waals surface area contributed by atoms with Crippen LogP contribution in [0.25, 0.3) is 0 Å². The number of aldehydes is 1. The Morgan fingerprint density at radius 1 is 1.25 bits per heavy atom. The molecule has 3 aliphatic heterocycles. The van der Waals surface area contributed by atoms with Crippen molar-refractivity contribution in [3.05, 3.63) is 0 Å². The Bertz CT molecular complexity index is 341. The van der Waals surface area contributed by atoms with Gasteiger partial charge >= 0.3 is 0 Å². The summed E-state index contributed by atoms with van der Waals surface area (Å²) in [6.07, 6.45) is 6.99. The highest BCUT2D eigenvalue weighted by Crippen LogP contribution is 2.34. The lowest BCUT2D eigenvalue weighted by atomic mass is 9.79. The summed E-state index contributed by atoms with van der Waals surface area (Å²) in [6, 6.07) is 0.780. The highest BCUT2D eigenvalue weighted by molar-refractivity contribution is 5.60. The average molecular weight is 280 g/mol. The Balaban J connectivity index is 1.60. The van der Waals surface area contributed by atoms with Gasteiger partial charge in [0.05, 0.1) is 0 Å². The molecule has 0 bridgehead atoms. The lowest BCUT2D eigenvalue weighted by Gasteiger charge is -2.48. The minimum absolute atomic E-state index is 0.133. The lowest BCUT2D eigenvalue weighted by molar-refractivity contribution is -0.124. The summed E-state index contributed by atoms with van der Waals surface area (Å²) in [5.41, 5.74) is -0.133. The third-order valence-electron chi connectivity index (χ3n) is 5.71. The van der Waals surface area contributed by atoms with Crippen molar-refractivity contribution in [2.24, 2.45) is 11.3 Å². The van der Waals surface area contributed by atoms with Gasteiger partial charge in [-0.05, 0) is 58.2 Å². The molecule has 2 atom stereocenters. The molecular formula is C16H28N2O2. The number of fused-ring (bicyclic) bond motifs is 1. The van der Waals surface area contributed by atoms with Gasteiger partial charge in [0.2, 0.25) is 0 Å². The van der Waals surface area contributed by atoms with Gasteiger partial charge in [-0.2, -0.15) is 0 Å². The van der Waals surface area contributed by atoms with Crippen LogP contribution in [0, 0.1) is 11.3 Å². The summed E-state index contributed by atoms with van der Waals surface area (Å²) in [7, 11) is 2.28. The van der Waals surface area contributed by atoms with Gasteiger partial charge in [0, 0.05) is 37.8 Å². The SMILES string of the molecule is CN1CCCC2CN(CC3(C=O)CCOCC3)CCC21. The highest BCUT2D eigenvalue weighted by atomic mass is 16.5. The summed E-state index contributed by atoms with van der Waals surface area (Å²) < 4.78 is 5.43. The van der Waals surface area contributed by atoms with E-state index in [9.17, 15) is 4.79 Å².